The van der Waals surface area contributed by atoms with Crippen molar-refractivity contribution >= 4 is 35.3 Å². The summed E-state index contributed by atoms with van der Waals surface area (Å²) in [5.41, 5.74) is 1.32. The Morgan fingerprint density at radius 1 is 1.10 bits per heavy atom. The van der Waals surface area contributed by atoms with Crippen molar-refractivity contribution in [2.45, 2.75) is 42.9 Å². The number of nitrogens with one attached hydrogen (secondary N) is 1. The first-order chi connectivity index (χ1) is 14.6. The fourth-order valence-electron chi connectivity index (χ4n) is 3.71. The van der Waals surface area contributed by atoms with Crippen LogP contribution in [-0.4, -0.2) is 78.0 Å². The second-order valence-electron chi connectivity index (χ2n) is 8.16. The predicted octanol–water partition coefficient (Wildman–Crippen LogP) is 2.75. The third kappa shape index (κ3) is 5.86. The largest absolute Gasteiger partial charge is 0.484 e. The van der Waals surface area contributed by atoms with Gasteiger partial charge in [0, 0.05) is 32.2 Å². The highest BCUT2D eigenvalue weighted by atomic mass is 32.2. The molecular weight excluding hydrogens is 418 g/mol. The number of hydrogen-bond acceptors (Lipinski definition) is 6. The van der Waals surface area contributed by atoms with Gasteiger partial charge in [-0.1, -0.05) is 12.1 Å². The summed E-state index contributed by atoms with van der Waals surface area (Å²) in [6.45, 7) is 4.72. The summed E-state index contributed by atoms with van der Waals surface area (Å²) >= 11 is 4.00. The Hall–Kier alpha value is -1.38. The Kier molecular flexibility index (Phi) is 7.49. The molecule has 1 aromatic rings. The van der Waals surface area contributed by atoms with Crippen LogP contribution in [0.3, 0.4) is 0 Å². The van der Waals surface area contributed by atoms with Gasteiger partial charge in [0.15, 0.2) is 6.61 Å². The SMILES string of the molecule is CC(C(=O)NC1CC1)N1CCN(C(=O)COc2ccc(C3SCCCS3)cc2)CC1. The van der Waals surface area contributed by atoms with E-state index in [0.717, 1.165) is 31.7 Å². The zero-order valence-electron chi connectivity index (χ0n) is 17.5. The van der Waals surface area contributed by atoms with E-state index in [-0.39, 0.29) is 24.5 Å². The van der Waals surface area contributed by atoms with Crippen LogP contribution in [0.2, 0.25) is 0 Å². The molecule has 1 unspecified atom stereocenters. The number of thioether (sulfide) groups is 2. The average molecular weight is 450 g/mol. The molecule has 6 nitrogen and oxygen atoms in total. The first kappa shape index (κ1) is 21.8. The van der Waals surface area contributed by atoms with E-state index < -0.39 is 0 Å². The molecule has 0 bridgehead atoms. The molecule has 0 radical (unpaired) electrons. The van der Waals surface area contributed by atoms with Crippen molar-refractivity contribution in [3.63, 3.8) is 0 Å². The fraction of sp³-hybridized carbons (Fsp3) is 0.636. The zero-order valence-corrected chi connectivity index (χ0v) is 19.2. The second-order valence-corrected chi connectivity index (χ2v) is 10.9. The number of carbonyl (C=O) groups excluding carboxylic acids is 2. The average Bonchev–Trinajstić information content (AvgIpc) is 3.62. The van der Waals surface area contributed by atoms with Gasteiger partial charge in [-0.2, -0.15) is 0 Å². The normalized spacial score (nSPS) is 21.8. The maximum Gasteiger partial charge on any atom is 0.260 e. The lowest BCUT2D eigenvalue weighted by molar-refractivity contribution is -0.136. The molecule has 1 atom stereocenters. The summed E-state index contributed by atoms with van der Waals surface area (Å²) in [5.74, 6) is 3.30. The summed E-state index contributed by atoms with van der Waals surface area (Å²) in [5, 5.41) is 3.06. The summed E-state index contributed by atoms with van der Waals surface area (Å²) in [6.07, 6.45) is 3.49. The van der Waals surface area contributed by atoms with Crippen molar-refractivity contribution in [1.29, 1.82) is 0 Å². The van der Waals surface area contributed by atoms with E-state index >= 15 is 0 Å². The lowest BCUT2D eigenvalue weighted by Gasteiger charge is -2.37. The van der Waals surface area contributed by atoms with E-state index in [1.807, 2.05) is 47.5 Å². The van der Waals surface area contributed by atoms with E-state index in [4.69, 9.17) is 4.74 Å². The van der Waals surface area contributed by atoms with Crippen LogP contribution in [0.15, 0.2) is 24.3 Å². The van der Waals surface area contributed by atoms with Crippen LogP contribution in [-0.2, 0) is 9.59 Å². The molecule has 1 saturated carbocycles. The molecule has 164 valence electrons. The van der Waals surface area contributed by atoms with Crippen molar-refractivity contribution in [3.8, 4) is 5.75 Å². The molecule has 3 aliphatic rings. The van der Waals surface area contributed by atoms with E-state index in [2.05, 4.69) is 22.3 Å². The molecule has 2 aliphatic heterocycles. The fourth-order valence-corrected chi connectivity index (χ4v) is 6.61. The summed E-state index contributed by atoms with van der Waals surface area (Å²) in [6, 6.07) is 8.41. The van der Waals surface area contributed by atoms with Crippen molar-refractivity contribution in [3.05, 3.63) is 29.8 Å². The molecular formula is C22H31N3O3S2. The highest BCUT2D eigenvalue weighted by molar-refractivity contribution is 8.16. The number of rotatable bonds is 7. The molecule has 1 N–H and O–H groups in total. The van der Waals surface area contributed by atoms with Gasteiger partial charge in [0.1, 0.15) is 5.75 Å². The van der Waals surface area contributed by atoms with Crippen molar-refractivity contribution < 1.29 is 14.3 Å². The number of hydrogen-bond donors (Lipinski definition) is 1. The third-order valence-corrected chi connectivity index (χ3v) is 8.87. The number of carbonyl (C=O) groups is 2. The summed E-state index contributed by atoms with van der Waals surface area (Å²) in [7, 11) is 0. The van der Waals surface area contributed by atoms with Crippen LogP contribution in [0.4, 0.5) is 0 Å². The Morgan fingerprint density at radius 3 is 2.40 bits per heavy atom. The monoisotopic (exact) mass is 449 g/mol. The van der Waals surface area contributed by atoms with Gasteiger partial charge in [-0.25, -0.2) is 0 Å². The van der Waals surface area contributed by atoms with E-state index in [9.17, 15) is 9.59 Å². The minimum atomic E-state index is -0.141. The van der Waals surface area contributed by atoms with Gasteiger partial charge in [0.2, 0.25) is 5.91 Å². The Bertz CT molecular complexity index is 728. The van der Waals surface area contributed by atoms with Crippen molar-refractivity contribution in [2.75, 3.05) is 44.3 Å². The van der Waals surface area contributed by atoms with Gasteiger partial charge in [-0.15, -0.1) is 23.5 Å². The standard InChI is InChI=1S/C22H31N3O3S2/c1-16(21(27)23-18-5-6-18)24-9-11-25(12-10-24)20(26)15-28-19-7-3-17(4-8-19)22-29-13-2-14-30-22/h3-4,7-8,16,18,22H,2,5-6,9-15H2,1H3,(H,23,27). The highest BCUT2D eigenvalue weighted by Crippen LogP contribution is 2.43. The number of nitrogens with zero attached hydrogens (tertiary/aromatic N) is 2. The molecule has 3 fully saturated rings. The first-order valence-corrected chi connectivity index (χ1v) is 13.0. The van der Waals surface area contributed by atoms with Crippen molar-refractivity contribution in [2.24, 2.45) is 0 Å². The summed E-state index contributed by atoms with van der Waals surface area (Å²) < 4.78 is 6.26. The molecule has 30 heavy (non-hydrogen) atoms. The van der Waals surface area contributed by atoms with E-state index in [1.165, 1.54) is 23.5 Å². The number of piperazine rings is 1. The Morgan fingerprint density at radius 2 is 1.77 bits per heavy atom. The van der Waals surface area contributed by atoms with Crippen LogP contribution in [0.1, 0.15) is 36.3 Å². The van der Waals surface area contributed by atoms with Gasteiger partial charge >= 0.3 is 0 Å². The first-order valence-electron chi connectivity index (χ1n) is 10.9. The number of amides is 2. The maximum atomic E-state index is 12.5. The minimum Gasteiger partial charge on any atom is -0.484 e. The minimum absolute atomic E-state index is 0.00667. The van der Waals surface area contributed by atoms with Crippen LogP contribution in [0, 0.1) is 0 Å². The topological polar surface area (TPSA) is 61.9 Å². The van der Waals surface area contributed by atoms with Gasteiger partial charge in [0.25, 0.3) is 5.91 Å². The molecule has 0 spiro atoms. The lowest BCUT2D eigenvalue weighted by Crippen LogP contribution is -2.55. The van der Waals surface area contributed by atoms with Crippen LogP contribution in [0.5, 0.6) is 5.75 Å². The molecule has 2 heterocycles. The number of benzene rings is 1. The van der Waals surface area contributed by atoms with Crippen molar-refractivity contribution in [1.82, 2.24) is 15.1 Å². The molecule has 1 aromatic carbocycles. The molecule has 2 saturated heterocycles. The van der Waals surface area contributed by atoms with E-state index in [1.54, 1.807) is 0 Å². The molecule has 0 aromatic heterocycles. The molecule has 4 rings (SSSR count). The third-order valence-electron chi connectivity index (χ3n) is 5.86. The quantitative estimate of drug-likeness (QED) is 0.691. The van der Waals surface area contributed by atoms with Crippen LogP contribution < -0.4 is 10.1 Å². The molecule has 8 heteroatoms. The smallest absolute Gasteiger partial charge is 0.260 e. The van der Waals surface area contributed by atoms with Crippen LogP contribution in [0.25, 0.3) is 0 Å². The zero-order chi connectivity index (χ0) is 20.9. The maximum absolute atomic E-state index is 12.5. The second kappa shape index (κ2) is 10.3. The van der Waals surface area contributed by atoms with Gasteiger partial charge in [-0.05, 0) is 55.4 Å². The van der Waals surface area contributed by atoms with Gasteiger partial charge < -0.3 is 15.0 Å². The Labute approximate surface area is 187 Å². The summed E-state index contributed by atoms with van der Waals surface area (Å²) in [4.78, 5) is 28.8. The molecule has 2 amide bonds. The molecule has 1 aliphatic carbocycles. The Balaban J connectivity index is 1.19. The van der Waals surface area contributed by atoms with E-state index in [0.29, 0.717) is 23.7 Å². The lowest BCUT2D eigenvalue weighted by atomic mass is 10.2. The van der Waals surface area contributed by atoms with Crippen LogP contribution >= 0.6 is 23.5 Å². The predicted molar refractivity (Wildman–Crippen MR) is 123 cm³/mol. The number of ether oxygens (including phenoxy) is 1. The van der Waals surface area contributed by atoms with Gasteiger partial charge in [-0.3, -0.25) is 14.5 Å². The highest BCUT2D eigenvalue weighted by Gasteiger charge is 2.31. The van der Waals surface area contributed by atoms with Gasteiger partial charge in [0.05, 0.1) is 10.6 Å².